The van der Waals surface area contributed by atoms with Crippen molar-refractivity contribution in [3.05, 3.63) is 27.7 Å². The molecule has 0 spiro atoms. The van der Waals surface area contributed by atoms with E-state index in [9.17, 15) is 4.79 Å². The van der Waals surface area contributed by atoms with Crippen molar-refractivity contribution in [1.82, 2.24) is 0 Å². The molecule has 0 saturated heterocycles. The number of ether oxygens (including phenoxy) is 1. The maximum atomic E-state index is 10.4. The smallest absolute Gasteiger partial charge is 0.303 e. The van der Waals surface area contributed by atoms with E-state index in [1.165, 1.54) is 7.11 Å². The highest BCUT2D eigenvalue weighted by atomic mass is 35.5. The summed E-state index contributed by atoms with van der Waals surface area (Å²) in [5.41, 5.74) is 0.841. The Kier molecular flexibility index (Phi) is 4.90. The van der Waals surface area contributed by atoms with Crippen molar-refractivity contribution < 1.29 is 14.6 Å². The number of aliphatic carboxylic acids is 1. The number of carboxylic acids is 1. The van der Waals surface area contributed by atoms with Crippen molar-refractivity contribution in [3.63, 3.8) is 0 Å². The summed E-state index contributed by atoms with van der Waals surface area (Å²) in [5.74, 6) is -0.288. The maximum absolute atomic E-state index is 10.4. The summed E-state index contributed by atoms with van der Waals surface area (Å²) in [5, 5.41) is 9.33. The van der Waals surface area contributed by atoms with Crippen molar-refractivity contribution in [2.24, 2.45) is 0 Å². The summed E-state index contributed by atoms with van der Waals surface area (Å²) in [6.07, 6.45) is 1.26. The van der Waals surface area contributed by atoms with Crippen LogP contribution in [-0.2, 0) is 11.2 Å². The van der Waals surface area contributed by atoms with E-state index in [2.05, 4.69) is 0 Å². The van der Waals surface area contributed by atoms with Crippen LogP contribution in [0.3, 0.4) is 0 Å². The Balaban J connectivity index is 2.74. The molecule has 0 aromatic heterocycles. The Bertz CT molecular complexity index is 391. The van der Waals surface area contributed by atoms with Gasteiger partial charge in [-0.1, -0.05) is 29.3 Å². The largest absolute Gasteiger partial charge is 0.495 e. The van der Waals surface area contributed by atoms with E-state index < -0.39 is 5.97 Å². The number of halogens is 2. The van der Waals surface area contributed by atoms with Gasteiger partial charge in [-0.05, 0) is 24.5 Å². The van der Waals surface area contributed by atoms with Gasteiger partial charge < -0.3 is 9.84 Å². The summed E-state index contributed by atoms with van der Waals surface area (Å²) in [7, 11) is 1.52. The zero-order valence-corrected chi connectivity index (χ0v) is 10.3. The Morgan fingerprint density at radius 1 is 1.38 bits per heavy atom. The van der Waals surface area contributed by atoms with E-state index in [0.717, 1.165) is 5.56 Å². The molecule has 0 atom stereocenters. The van der Waals surface area contributed by atoms with Crippen molar-refractivity contribution in [2.45, 2.75) is 19.3 Å². The quantitative estimate of drug-likeness (QED) is 0.885. The van der Waals surface area contributed by atoms with Crippen LogP contribution in [0.4, 0.5) is 0 Å². The molecule has 5 heteroatoms. The molecule has 0 aliphatic rings. The predicted octanol–water partition coefficient (Wildman–Crippen LogP) is 3.41. The minimum Gasteiger partial charge on any atom is -0.495 e. The van der Waals surface area contributed by atoms with E-state index >= 15 is 0 Å². The molecule has 1 N–H and O–H groups in total. The molecule has 0 aliphatic heterocycles. The first kappa shape index (κ1) is 13.1. The fraction of sp³-hybridized carbons (Fsp3) is 0.364. The van der Waals surface area contributed by atoms with Crippen molar-refractivity contribution in [3.8, 4) is 5.75 Å². The molecule has 0 heterocycles. The fourth-order valence-corrected chi connectivity index (χ4v) is 1.86. The molecule has 0 bridgehead atoms. The molecule has 0 amide bonds. The minimum absolute atomic E-state index is 0.125. The molecule has 3 nitrogen and oxygen atoms in total. The second-order valence-electron chi connectivity index (χ2n) is 3.30. The number of aryl methyl sites for hydroxylation is 1. The summed E-state index contributed by atoms with van der Waals surface area (Å²) in [6.45, 7) is 0. The van der Waals surface area contributed by atoms with Crippen LogP contribution in [0.15, 0.2) is 12.1 Å². The maximum Gasteiger partial charge on any atom is 0.303 e. The summed E-state index contributed by atoms with van der Waals surface area (Å²) in [4.78, 5) is 10.4. The number of hydrogen-bond acceptors (Lipinski definition) is 2. The topological polar surface area (TPSA) is 46.5 Å². The van der Waals surface area contributed by atoms with Crippen LogP contribution in [0.25, 0.3) is 0 Å². The van der Waals surface area contributed by atoms with Gasteiger partial charge >= 0.3 is 5.97 Å². The van der Waals surface area contributed by atoms with Crippen molar-refractivity contribution in [2.75, 3.05) is 7.11 Å². The second kappa shape index (κ2) is 5.97. The van der Waals surface area contributed by atoms with Crippen LogP contribution in [-0.4, -0.2) is 18.2 Å². The van der Waals surface area contributed by atoms with Crippen LogP contribution in [0.1, 0.15) is 18.4 Å². The van der Waals surface area contributed by atoms with Gasteiger partial charge in [0.25, 0.3) is 0 Å². The van der Waals surface area contributed by atoms with E-state index in [-0.39, 0.29) is 6.42 Å². The molecule has 0 saturated carbocycles. The lowest BCUT2D eigenvalue weighted by molar-refractivity contribution is -0.137. The average molecular weight is 263 g/mol. The van der Waals surface area contributed by atoms with Crippen LogP contribution < -0.4 is 4.74 Å². The predicted molar refractivity (Wildman–Crippen MR) is 63.6 cm³/mol. The molecule has 1 rings (SSSR count). The van der Waals surface area contributed by atoms with E-state index in [1.807, 2.05) is 0 Å². The highest BCUT2D eigenvalue weighted by Crippen LogP contribution is 2.34. The molecular formula is C11H12Cl2O3. The molecule has 1 aromatic rings. The highest BCUT2D eigenvalue weighted by molar-refractivity contribution is 6.43. The molecule has 0 fully saturated rings. The SMILES string of the molecule is COc1ccc(CCCC(=O)O)c(Cl)c1Cl. The van der Waals surface area contributed by atoms with Crippen LogP contribution in [0.2, 0.25) is 10.0 Å². The molecule has 16 heavy (non-hydrogen) atoms. The van der Waals surface area contributed by atoms with Gasteiger partial charge in [0.05, 0.1) is 12.1 Å². The minimum atomic E-state index is -0.810. The third kappa shape index (κ3) is 3.29. The van der Waals surface area contributed by atoms with Crippen molar-refractivity contribution >= 4 is 29.2 Å². The van der Waals surface area contributed by atoms with Crippen molar-refractivity contribution in [1.29, 1.82) is 0 Å². The number of carbonyl (C=O) groups is 1. The monoisotopic (exact) mass is 262 g/mol. The van der Waals surface area contributed by atoms with E-state index in [1.54, 1.807) is 12.1 Å². The van der Waals surface area contributed by atoms with E-state index in [0.29, 0.717) is 28.6 Å². The molecule has 0 unspecified atom stereocenters. The number of hydrogen-bond donors (Lipinski definition) is 1. The van der Waals surface area contributed by atoms with Crippen LogP contribution in [0, 0.1) is 0 Å². The first-order valence-electron chi connectivity index (χ1n) is 4.79. The van der Waals surface area contributed by atoms with Gasteiger partial charge in [0, 0.05) is 6.42 Å². The van der Waals surface area contributed by atoms with Gasteiger partial charge in [-0.25, -0.2) is 0 Å². The Morgan fingerprint density at radius 2 is 2.06 bits per heavy atom. The van der Waals surface area contributed by atoms with Crippen LogP contribution in [0.5, 0.6) is 5.75 Å². The normalized spacial score (nSPS) is 10.2. The second-order valence-corrected chi connectivity index (χ2v) is 4.06. The fourth-order valence-electron chi connectivity index (χ4n) is 1.35. The number of benzene rings is 1. The summed E-state index contributed by atoms with van der Waals surface area (Å²) in [6, 6.07) is 3.53. The first-order valence-corrected chi connectivity index (χ1v) is 5.54. The van der Waals surface area contributed by atoms with Crippen LogP contribution >= 0.6 is 23.2 Å². The molecule has 0 aliphatic carbocycles. The van der Waals surface area contributed by atoms with Gasteiger partial charge in [0.15, 0.2) is 0 Å². The number of carboxylic acid groups (broad SMARTS) is 1. The van der Waals surface area contributed by atoms with Gasteiger partial charge in [-0.3, -0.25) is 4.79 Å². The van der Waals surface area contributed by atoms with Gasteiger partial charge in [0.1, 0.15) is 10.8 Å². The number of rotatable bonds is 5. The zero-order chi connectivity index (χ0) is 12.1. The molecule has 1 aromatic carbocycles. The lowest BCUT2D eigenvalue weighted by Crippen LogP contribution is -1.97. The number of methoxy groups -OCH3 is 1. The first-order chi connectivity index (χ1) is 7.56. The zero-order valence-electron chi connectivity index (χ0n) is 8.80. The lowest BCUT2D eigenvalue weighted by atomic mass is 10.1. The summed E-state index contributed by atoms with van der Waals surface area (Å²) >= 11 is 12.0. The third-order valence-corrected chi connectivity index (χ3v) is 3.09. The lowest BCUT2D eigenvalue weighted by Gasteiger charge is -2.08. The highest BCUT2D eigenvalue weighted by Gasteiger charge is 2.10. The summed E-state index contributed by atoms with van der Waals surface area (Å²) < 4.78 is 5.01. The standard InChI is InChI=1S/C11H12Cl2O3/c1-16-8-6-5-7(10(12)11(8)13)3-2-4-9(14)15/h5-6H,2-4H2,1H3,(H,14,15). The molecule has 0 radical (unpaired) electrons. The third-order valence-electron chi connectivity index (χ3n) is 2.18. The van der Waals surface area contributed by atoms with Gasteiger partial charge in [-0.15, -0.1) is 0 Å². The average Bonchev–Trinajstić information content (AvgIpc) is 2.24. The molecular weight excluding hydrogens is 251 g/mol. The Morgan fingerprint density at radius 3 is 2.62 bits per heavy atom. The Hall–Kier alpha value is -0.930. The van der Waals surface area contributed by atoms with Gasteiger partial charge in [0.2, 0.25) is 0 Å². The van der Waals surface area contributed by atoms with Gasteiger partial charge in [-0.2, -0.15) is 0 Å². The Labute approximate surface area is 104 Å². The van der Waals surface area contributed by atoms with E-state index in [4.69, 9.17) is 33.0 Å². The molecule has 88 valence electrons.